The molecule has 3 rings (SSSR count). The molecule has 1 saturated carbocycles. The van der Waals surface area contributed by atoms with Crippen LogP contribution >= 0.6 is 11.6 Å². The summed E-state index contributed by atoms with van der Waals surface area (Å²) in [5, 5.41) is 0.736. The molecule has 2 aromatic carbocycles. The molecule has 0 aromatic heterocycles. The average molecular weight is 303 g/mol. The number of aryl methyl sites for hydroxylation is 1. The van der Waals surface area contributed by atoms with Crippen LogP contribution in [0.4, 0.5) is 0 Å². The minimum atomic E-state index is -0.0581. The number of nitrogens with two attached hydrogens (primary N) is 1. The Hall–Kier alpha value is -1.55. The van der Waals surface area contributed by atoms with Gasteiger partial charge in [0.15, 0.2) is 0 Å². The molecule has 1 aliphatic rings. The maximum Gasteiger partial charge on any atom is 0.119 e. The highest BCUT2D eigenvalue weighted by Crippen LogP contribution is 2.30. The minimum Gasteiger partial charge on any atom is -0.490 e. The van der Waals surface area contributed by atoms with E-state index in [4.69, 9.17) is 22.2 Å². The summed E-state index contributed by atoms with van der Waals surface area (Å²) in [5.41, 5.74) is 6.22. The quantitative estimate of drug-likeness (QED) is 0.653. The standard InChI is InChI=1S/C17H19ClN2O/c1-11-10-13(18)4-9-16(11)17(20-19)12-2-5-14(6-3-12)21-15-7-8-15/h2-6,9-10,15,17,20H,7-8,19H2,1H3. The Morgan fingerprint density at radius 2 is 1.90 bits per heavy atom. The van der Waals surface area contributed by atoms with Crippen LogP contribution in [0.2, 0.25) is 5.02 Å². The Morgan fingerprint density at radius 3 is 2.48 bits per heavy atom. The number of halogens is 1. The zero-order valence-corrected chi connectivity index (χ0v) is 12.7. The maximum atomic E-state index is 6.02. The van der Waals surface area contributed by atoms with Crippen molar-refractivity contribution in [2.75, 3.05) is 0 Å². The molecule has 1 atom stereocenters. The molecular weight excluding hydrogens is 284 g/mol. The lowest BCUT2D eigenvalue weighted by Crippen LogP contribution is -2.29. The lowest BCUT2D eigenvalue weighted by atomic mass is 9.95. The van der Waals surface area contributed by atoms with Crippen molar-refractivity contribution in [3.05, 3.63) is 64.2 Å². The van der Waals surface area contributed by atoms with E-state index in [0.29, 0.717) is 6.10 Å². The predicted molar refractivity (Wildman–Crippen MR) is 85.4 cm³/mol. The van der Waals surface area contributed by atoms with Gasteiger partial charge in [-0.25, -0.2) is 5.43 Å². The van der Waals surface area contributed by atoms with Gasteiger partial charge in [0.05, 0.1) is 12.1 Å². The van der Waals surface area contributed by atoms with Gasteiger partial charge in [0.25, 0.3) is 0 Å². The van der Waals surface area contributed by atoms with Crippen molar-refractivity contribution < 1.29 is 4.74 Å². The third-order valence-electron chi connectivity index (χ3n) is 3.75. The molecule has 1 unspecified atom stereocenters. The van der Waals surface area contributed by atoms with Gasteiger partial charge in [-0.1, -0.05) is 29.8 Å². The van der Waals surface area contributed by atoms with E-state index in [1.54, 1.807) is 0 Å². The van der Waals surface area contributed by atoms with E-state index in [2.05, 4.69) is 17.6 Å². The van der Waals surface area contributed by atoms with Crippen LogP contribution in [0.15, 0.2) is 42.5 Å². The Labute approximate surface area is 130 Å². The molecule has 0 spiro atoms. The van der Waals surface area contributed by atoms with Gasteiger partial charge in [-0.15, -0.1) is 0 Å². The first-order valence-electron chi connectivity index (χ1n) is 7.16. The fourth-order valence-electron chi connectivity index (χ4n) is 2.45. The summed E-state index contributed by atoms with van der Waals surface area (Å²) >= 11 is 6.02. The van der Waals surface area contributed by atoms with Gasteiger partial charge in [-0.05, 0) is 60.7 Å². The van der Waals surface area contributed by atoms with E-state index in [0.717, 1.165) is 27.5 Å². The van der Waals surface area contributed by atoms with Crippen molar-refractivity contribution in [1.82, 2.24) is 5.43 Å². The SMILES string of the molecule is Cc1cc(Cl)ccc1C(NN)c1ccc(OC2CC2)cc1. The molecule has 1 fully saturated rings. The van der Waals surface area contributed by atoms with E-state index in [1.165, 1.54) is 12.8 Å². The van der Waals surface area contributed by atoms with Crippen molar-refractivity contribution in [2.24, 2.45) is 5.84 Å². The van der Waals surface area contributed by atoms with E-state index in [-0.39, 0.29) is 6.04 Å². The van der Waals surface area contributed by atoms with Crippen LogP contribution in [0.5, 0.6) is 5.75 Å². The number of hydrazine groups is 1. The highest BCUT2D eigenvalue weighted by atomic mass is 35.5. The second-order valence-corrected chi connectivity index (χ2v) is 5.92. The zero-order chi connectivity index (χ0) is 14.8. The van der Waals surface area contributed by atoms with E-state index < -0.39 is 0 Å². The maximum absolute atomic E-state index is 6.02. The largest absolute Gasteiger partial charge is 0.490 e. The molecule has 0 saturated heterocycles. The van der Waals surface area contributed by atoms with Crippen LogP contribution in [0, 0.1) is 6.92 Å². The van der Waals surface area contributed by atoms with E-state index in [1.807, 2.05) is 37.3 Å². The number of benzene rings is 2. The topological polar surface area (TPSA) is 47.3 Å². The van der Waals surface area contributed by atoms with Gasteiger partial charge in [0.1, 0.15) is 5.75 Å². The van der Waals surface area contributed by atoms with Crippen LogP contribution in [-0.4, -0.2) is 6.10 Å². The summed E-state index contributed by atoms with van der Waals surface area (Å²) in [6.07, 6.45) is 2.75. The van der Waals surface area contributed by atoms with E-state index in [9.17, 15) is 0 Å². The third kappa shape index (κ3) is 3.38. The number of ether oxygens (including phenoxy) is 1. The van der Waals surface area contributed by atoms with Crippen molar-refractivity contribution in [3.63, 3.8) is 0 Å². The van der Waals surface area contributed by atoms with E-state index >= 15 is 0 Å². The summed E-state index contributed by atoms with van der Waals surface area (Å²) in [7, 11) is 0. The Morgan fingerprint density at radius 1 is 1.19 bits per heavy atom. The smallest absolute Gasteiger partial charge is 0.119 e. The average Bonchev–Trinajstić information content (AvgIpc) is 3.27. The highest BCUT2D eigenvalue weighted by molar-refractivity contribution is 6.30. The second-order valence-electron chi connectivity index (χ2n) is 5.49. The molecule has 0 heterocycles. The number of nitrogens with one attached hydrogen (secondary N) is 1. The number of hydrogen-bond acceptors (Lipinski definition) is 3. The monoisotopic (exact) mass is 302 g/mol. The first kappa shape index (κ1) is 14.4. The summed E-state index contributed by atoms with van der Waals surface area (Å²) in [6, 6.07) is 13.9. The van der Waals surface area contributed by atoms with Crippen LogP contribution in [0.3, 0.4) is 0 Å². The molecule has 4 heteroatoms. The highest BCUT2D eigenvalue weighted by Gasteiger charge is 2.23. The normalized spacial score (nSPS) is 15.8. The van der Waals surface area contributed by atoms with Gasteiger partial charge in [-0.2, -0.15) is 0 Å². The first-order chi connectivity index (χ1) is 10.2. The number of hydrogen-bond donors (Lipinski definition) is 2. The summed E-state index contributed by atoms with van der Waals surface area (Å²) < 4.78 is 5.77. The van der Waals surface area contributed by atoms with Gasteiger partial charge in [0, 0.05) is 5.02 Å². The lowest BCUT2D eigenvalue weighted by molar-refractivity contribution is 0.303. The third-order valence-corrected chi connectivity index (χ3v) is 3.99. The van der Waals surface area contributed by atoms with Crippen molar-refractivity contribution in [3.8, 4) is 5.75 Å². The Kier molecular flexibility index (Phi) is 4.15. The van der Waals surface area contributed by atoms with Crippen LogP contribution in [0.25, 0.3) is 0 Å². The van der Waals surface area contributed by atoms with Gasteiger partial charge in [-0.3, -0.25) is 5.84 Å². The molecule has 3 nitrogen and oxygen atoms in total. The zero-order valence-electron chi connectivity index (χ0n) is 12.0. The predicted octanol–water partition coefficient (Wildman–Crippen LogP) is 3.74. The van der Waals surface area contributed by atoms with Crippen molar-refractivity contribution >= 4 is 11.6 Å². The molecule has 21 heavy (non-hydrogen) atoms. The van der Waals surface area contributed by atoms with Gasteiger partial charge >= 0.3 is 0 Å². The van der Waals surface area contributed by atoms with Crippen LogP contribution in [-0.2, 0) is 0 Å². The molecule has 0 amide bonds. The Bertz CT molecular complexity index is 623. The lowest BCUT2D eigenvalue weighted by Gasteiger charge is -2.19. The van der Waals surface area contributed by atoms with Crippen molar-refractivity contribution in [2.45, 2.75) is 31.9 Å². The molecule has 3 N–H and O–H groups in total. The molecular formula is C17H19ClN2O. The van der Waals surface area contributed by atoms with Crippen LogP contribution in [0.1, 0.15) is 35.6 Å². The fourth-order valence-corrected chi connectivity index (χ4v) is 2.67. The first-order valence-corrected chi connectivity index (χ1v) is 7.54. The molecule has 1 aliphatic carbocycles. The molecule has 0 aliphatic heterocycles. The van der Waals surface area contributed by atoms with Gasteiger partial charge in [0.2, 0.25) is 0 Å². The van der Waals surface area contributed by atoms with Crippen LogP contribution < -0.4 is 16.0 Å². The molecule has 110 valence electrons. The molecule has 0 radical (unpaired) electrons. The summed E-state index contributed by atoms with van der Waals surface area (Å²) in [4.78, 5) is 0. The Balaban J connectivity index is 1.84. The summed E-state index contributed by atoms with van der Waals surface area (Å²) in [5.74, 6) is 6.68. The summed E-state index contributed by atoms with van der Waals surface area (Å²) in [6.45, 7) is 2.04. The van der Waals surface area contributed by atoms with Gasteiger partial charge < -0.3 is 4.74 Å². The van der Waals surface area contributed by atoms with Crippen molar-refractivity contribution in [1.29, 1.82) is 0 Å². The minimum absolute atomic E-state index is 0.0581. The fraction of sp³-hybridized carbons (Fsp3) is 0.294. The number of rotatable bonds is 5. The molecule has 2 aromatic rings. The second kappa shape index (κ2) is 6.06. The molecule has 0 bridgehead atoms.